The van der Waals surface area contributed by atoms with Crippen LogP contribution >= 0.6 is 0 Å². The first kappa shape index (κ1) is 16.0. The van der Waals surface area contributed by atoms with Gasteiger partial charge >= 0.3 is 0 Å². The number of likely N-dealkylation sites (N-methyl/N-ethyl adjacent to an activating group) is 1. The van der Waals surface area contributed by atoms with Gasteiger partial charge in [0, 0.05) is 12.1 Å². The Morgan fingerprint density at radius 2 is 2.11 bits per heavy atom. The minimum atomic E-state index is 0.299. The number of nitrogens with zero attached hydrogens (tertiary/aromatic N) is 1. The number of hydrogen-bond acceptors (Lipinski definition) is 2. The molecule has 0 heterocycles. The maximum Gasteiger partial charge on any atom is 0.0331 e. The van der Waals surface area contributed by atoms with E-state index in [0.717, 1.165) is 18.4 Å². The average Bonchev–Trinajstić information content (AvgIpc) is 2.35. The van der Waals surface area contributed by atoms with E-state index in [1.54, 1.807) is 0 Å². The van der Waals surface area contributed by atoms with E-state index in [1.165, 1.54) is 51.5 Å². The van der Waals surface area contributed by atoms with Gasteiger partial charge in [-0.3, -0.25) is 4.90 Å². The molecule has 1 saturated carbocycles. The highest BCUT2D eigenvalue weighted by atomic mass is 15.2. The topological polar surface area (TPSA) is 29.3 Å². The van der Waals surface area contributed by atoms with Crippen LogP contribution in [0.15, 0.2) is 0 Å². The monoisotopic (exact) mass is 254 g/mol. The lowest BCUT2D eigenvalue weighted by Crippen LogP contribution is -2.55. The Labute approximate surface area is 114 Å². The molecule has 0 spiro atoms. The maximum absolute atomic E-state index is 6.16. The molecule has 2 heteroatoms. The second-order valence-electron chi connectivity index (χ2n) is 6.80. The van der Waals surface area contributed by atoms with Crippen molar-refractivity contribution in [3.05, 3.63) is 0 Å². The number of rotatable bonds is 7. The van der Waals surface area contributed by atoms with Gasteiger partial charge in [0.25, 0.3) is 0 Å². The summed E-state index contributed by atoms with van der Waals surface area (Å²) in [6.07, 6.45) is 9.36. The third-order valence-electron chi connectivity index (χ3n) is 4.76. The molecule has 2 N–H and O–H groups in total. The van der Waals surface area contributed by atoms with Crippen LogP contribution < -0.4 is 5.73 Å². The van der Waals surface area contributed by atoms with Gasteiger partial charge in [-0.1, -0.05) is 40.0 Å². The van der Waals surface area contributed by atoms with Gasteiger partial charge in [0.15, 0.2) is 0 Å². The molecular formula is C16H34N2. The molecule has 2 atom stereocenters. The fourth-order valence-corrected chi connectivity index (χ4v) is 3.65. The molecular weight excluding hydrogens is 220 g/mol. The summed E-state index contributed by atoms with van der Waals surface area (Å²) in [6.45, 7) is 9.01. The lowest BCUT2D eigenvalue weighted by atomic mass is 9.72. The first-order valence-corrected chi connectivity index (χ1v) is 7.95. The standard InChI is InChI=1S/C16H34N2/c1-5-6-10-18(4)16(13-17)9-7-8-15(12-16)11-14(2)3/h14-15H,5-13,17H2,1-4H3. The minimum absolute atomic E-state index is 0.299. The van der Waals surface area contributed by atoms with Crippen LogP contribution in [0.4, 0.5) is 0 Å². The number of nitrogens with two attached hydrogens (primary N) is 1. The fourth-order valence-electron chi connectivity index (χ4n) is 3.65. The van der Waals surface area contributed by atoms with Gasteiger partial charge in [0.2, 0.25) is 0 Å². The normalized spacial score (nSPS) is 29.2. The maximum atomic E-state index is 6.16. The molecule has 0 bridgehead atoms. The average molecular weight is 254 g/mol. The molecule has 0 saturated heterocycles. The molecule has 0 aromatic rings. The van der Waals surface area contributed by atoms with Gasteiger partial charge in [-0.2, -0.15) is 0 Å². The first-order valence-electron chi connectivity index (χ1n) is 7.95. The van der Waals surface area contributed by atoms with E-state index in [0.29, 0.717) is 5.54 Å². The van der Waals surface area contributed by atoms with Crippen LogP contribution in [-0.2, 0) is 0 Å². The van der Waals surface area contributed by atoms with E-state index in [-0.39, 0.29) is 0 Å². The highest BCUT2D eigenvalue weighted by Gasteiger charge is 2.38. The van der Waals surface area contributed by atoms with Crippen molar-refractivity contribution in [2.24, 2.45) is 17.6 Å². The number of hydrogen-bond donors (Lipinski definition) is 1. The molecule has 0 amide bonds. The number of unbranched alkanes of at least 4 members (excludes halogenated alkanes) is 1. The zero-order chi connectivity index (χ0) is 13.6. The quantitative estimate of drug-likeness (QED) is 0.751. The van der Waals surface area contributed by atoms with Crippen LogP contribution in [0.25, 0.3) is 0 Å². The molecule has 0 radical (unpaired) electrons. The Kier molecular flexibility index (Phi) is 6.65. The Hall–Kier alpha value is -0.0800. The largest absolute Gasteiger partial charge is 0.329 e. The summed E-state index contributed by atoms with van der Waals surface area (Å²) in [5.74, 6) is 1.72. The van der Waals surface area contributed by atoms with Gasteiger partial charge in [0.1, 0.15) is 0 Å². The summed E-state index contributed by atoms with van der Waals surface area (Å²) in [7, 11) is 2.29. The van der Waals surface area contributed by atoms with Gasteiger partial charge in [-0.25, -0.2) is 0 Å². The fraction of sp³-hybridized carbons (Fsp3) is 1.00. The summed E-state index contributed by atoms with van der Waals surface area (Å²) in [5, 5.41) is 0. The van der Waals surface area contributed by atoms with E-state index < -0.39 is 0 Å². The highest BCUT2D eigenvalue weighted by molar-refractivity contribution is 4.95. The van der Waals surface area contributed by atoms with E-state index in [9.17, 15) is 0 Å². The van der Waals surface area contributed by atoms with Crippen LogP contribution in [-0.4, -0.2) is 30.6 Å². The van der Waals surface area contributed by atoms with Crippen molar-refractivity contribution in [3.63, 3.8) is 0 Å². The second-order valence-corrected chi connectivity index (χ2v) is 6.80. The zero-order valence-corrected chi connectivity index (χ0v) is 13.0. The van der Waals surface area contributed by atoms with Crippen molar-refractivity contribution in [2.75, 3.05) is 20.1 Å². The lowest BCUT2D eigenvalue weighted by Gasteiger charge is -2.47. The van der Waals surface area contributed by atoms with Crippen molar-refractivity contribution in [1.82, 2.24) is 4.90 Å². The molecule has 18 heavy (non-hydrogen) atoms. The molecule has 0 aliphatic heterocycles. The molecule has 0 aromatic carbocycles. The summed E-state index contributed by atoms with van der Waals surface area (Å²) < 4.78 is 0. The van der Waals surface area contributed by atoms with Crippen LogP contribution in [0.3, 0.4) is 0 Å². The molecule has 1 aliphatic rings. The van der Waals surface area contributed by atoms with Crippen molar-refractivity contribution < 1.29 is 0 Å². The molecule has 2 nitrogen and oxygen atoms in total. The zero-order valence-electron chi connectivity index (χ0n) is 13.0. The molecule has 108 valence electrons. The van der Waals surface area contributed by atoms with Crippen molar-refractivity contribution in [2.45, 2.75) is 71.3 Å². The second kappa shape index (κ2) is 7.49. The predicted octanol–water partition coefficient (Wildman–Crippen LogP) is 3.65. The van der Waals surface area contributed by atoms with Crippen molar-refractivity contribution in [1.29, 1.82) is 0 Å². The third kappa shape index (κ3) is 4.24. The third-order valence-corrected chi connectivity index (χ3v) is 4.76. The van der Waals surface area contributed by atoms with Crippen LogP contribution in [0.1, 0.15) is 65.7 Å². The van der Waals surface area contributed by atoms with E-state index in [4.69, 9.17) is 5.73 Å². The molecule has 1 fully saturated rings. The smallest absolute Gasteiger partial charge is 0.0331 e. The Morgan fingerprint density at radius 1 is 1.39 bits per heavy atom. The highest BCUT2D eigenvalue weighted by Crippen LogP contribution is 2.38. The van der Waals surface area contributed by atoms with Crippen molar-refractivity contribution >= 4 is 0 Å². The lowest BCUT2D eigenvalue weighted by molar-refractivity contribution is 0.0511. The van der Waals surface area contributed by atoms with Gasteiger partial charge in [0.05, 0.1) is 0 Å². The van der Waals surface area contributed by atoms with Crippen LogP contribution in [0, 0.1) is 11.8 Å². The minimum Gasteiger partial charge on any atom is -0.329 e. The molecule has 1 aliphatic carbocycles. The Morgan fingerprint density at radius 3 is 2.67 bits per heavy atom. The summed E-state index contributed by atoms with van der Waals surface area (Å²) >= 11 is 0. The van der Waals surface area contributed by atoms with E-state index >= 15 is 0 Å². The van der Waals surface area contributed by atoms with Gasteiger partial charge < -0.3 is 5.73 Å². The van der Waals surface area contributed by atoms with Gasteiger partial charge in [-0.05, 0) is 51.1 Å². The first-order chi connectivity index (χ1) is 8.54. The SMILES string of the molecule is CCCCN(C)C1(CN)CCCC(CC(C)C)C1. The van der Waals surface area contributed by atoms with Crippen molar-refractivity contribution in [3.8, 4) is 0 Å². The summed E-state index contributed by atoms with van der Waals surface area (Å²) in [4.78, 5) is 2.57. The molecule has 1 rings (SSSR count). The van der Waals surface area contributed by atoms with Crippen LogP contribution in [0.2, 0.25) is 0 Å². The van der Waals surface area contributed by atoms with Crippen LogP contribution in [0.5, 0.6) is 0 Å². The van der Waals surface area contributed by atoms with E-state index in [2.05, 4.69) is 32.7 Å². The van der Waals surface area contributed by atoms with Gasteiger partial charge in [-0.15, -0.1) is 0 Å². The van der Waals surface area contributed by atoms with E-state index in [1.807, 2.05) is 0 Å². The summed E-state index contributed by atoms with van der Waals surface area (Å²) in [6, 6.07) is 0. The summed E-state index contributed by atoms with van der Waals surface area (Å²) in [5.41, 5.74) is 6.46. The predicted molar refractivity (Wildman–Crippen MR) is 80.7 cm³/mol. The Balaban J connectivity index is 2.61. The Bertz CT molecular complexity index is 227. The molecule has 0 aromatic heterocycles. The molecule has 2 unspecified atom stereocenters.